The van der Waals surface area contributed by atoms with Crippen LogP contribution < -0.4 is 0 Å². The largest absolute Gasteiger partial charge is 0.345 e. The molecule has 2 saturated heterocycles. The Labute approximate surface area is 227 Å². The van der Waals surface area contributed by atoms with Gasteiger partial charge in [0.2, 0.25) is 0 Å². The molecule has 0 aromatic carbocycles. The average Bonchev–Trinajstić information content (AvgIpc) is 3.79. The van der Waals surface area contributed by atoms with Crippen LogP contribution in [0.2, 0.25) is 0 Å². The van der Waals surface area contributed by atoms with Gasteiger partial charge >= 0.3 is 0 Å². The molecular formula is C29H23N3O4S2. The summed E-state index contributed by atoms with van der Waals surface area (Å²) in [6.07, 6.45) is 3.05. The van der Waals surface area contributed by atoms with Crippen molar-refractivity contribution in [2.75, 3.05) is 26.4 Å². The molecule has 2 aliphatic rings. The molecule has 0 spiro atoms. The van der Waals surface area contributed by atoms with Crippen molar-refractivity contribution < 1.29 is 18.9 Å². The standard InChI is InChI=1S/C29H23N3O4S2/c1-2-9-30-20(3-1)22-16-19(25-5-7-27(38-25)29-35-13-14-36-29)17-23(32-22)21-15-18(8-10-31-21)24-4-6-26(37-24)28-33-11-12-34-28/h1-10,15-17,28-29H,11-14H2. The summed E-state index contributed by atoms with van der Waals surface area (Å²) < 4.78 is 22.8. The van der Waals surface area contributed by atoms with Crippen molar-refractivity contribution in [2.24, 2.45) is 0 Å². The minimum Gasteiger partial charge on any atom is -0.345 e. The van der Waals surface area contributed by atoms with Gasteiger partial charge in [-0.05, 0) is 71.8 Å². The number of nitrogens with zero attached hydrogens (tertiary/aromatic N) is 3. The summed E-state index contributed by atoms with van der Waals surface area (Å²) >= 11 is 3.34. The molecule has 7 rings (SSSR count). The van der Waals surface area contributed by atoms with Crippen LogP contribution in [0.3, 0.4) is 0 Å². The molecule has 2 aliphatic heterocycles. The summed E-state index contributed by atoms with van der Waals surface area (Å²) in [6, 6.07) is 22.5. The first-order valence-electron chi connectivity index (χ1n) is 12.4. The number of hydrogen-bond acceptors (Lipinski definition) is 9. The van der Waals surface area contributed by atoms with E-state index in [0.717, 1.165) is 53.4 Å². The summed E-state index contributed by atoms with van der Waals surface area (Å²) in [4.78, 5) is 18.6. The highest BCUT2D eigenvalue weighted by atomic mass is 32.1. The molecule has 38 heavy (non-hydrogen) atoms. The van der Waals surface area contributed by atoms with Gasteiger partial charge in [-0.3, -0.25) is 9.97 Å². The number of rotatable bonds is 6. The van der Waals surface area contributed by atoms with Gasteiger partial charge in [-0.2, -0.15) is 0 Å². The van der Waals surface area contributed by atoms with Gasteiger partial charge in [0.1, 0.15) is 0 Å². The average molecular weight is 542 g/mol. The summed E-state index contributed by atoms with van der Waals surface area (Å²) in [5.41, 5.74) is 5.31. The van der Waals surface area contributed by atoms with E-state index in [1.807, 2.05) is 30.5 Å². The number of hydrogen-bond donors (Lipinski definition) is 0. The molecular weight excluding hydrogens is 518 g/mol. The Morgan fingerprint density at radius 1 is 0.553 bits per heavy atom. The second-order valence-corrected chi connectivity index (χ2v) is 11.1. The predicted octanol–water partition coefficient (Wildman–Crippen LogP) is 6.75. The van der Waals surface area contributed by atoms with Crippen molar-refractivity contribution in [3.05, 3.63) is 88.9 Å². The monoisotopic (exact) mass is 541 g/mol. The van der Waals surface area contributed by atoms with E-state index >= 15 is 0 Å². The highest BCUT2D eigenvalue weighted by Gasteiger charge is 2.22. The number of thiophene rings is 2. The smallest absolute Gasteiger partial charge is 0.193 e. The fraction of sp³-hybridized carbons (Fsp3) is 0.207. The van der Waals surface area contributed by atoms with E-state index in [-0.39, 0.29) is 12.6 Å². The maximum atomic E-state index is 5.70. The van der Waals surface area contributed by atoms with E-state index < -0.39 is 0 Å². The van der Waals surface area contributed by atoms with Crippen LogP contribution in [0.25, 0.3) is 43.7 Å². The third kappa shape index (κ3) is 4.80. The molecule has 7 heterocycles. The first-order chi connectivity index (χ1) is 18.8. The zero-order chi connectivity index (χ0) is 25.3. The molecule has 2 fully saturated rings. The maximum Gasteiger partial charge on any atom is 0.193 e. The minimum atomic E-state index is -0.292. The van der Waals surface area contributed by atoms with E-state index in [1.165, 1.54) is 0 Å². The van der Waals surface area contributed by atoms with Crippen molar-refractivity contribution in [3.8, 4) is 43.7 Å². The maximum absolute atomic E-state index is 5.70. The Bertz CT molecular complexity index is 1560. The highest BCUT2D eigenvalue weighted by Crippen LogP contribution is 2.39. The Hall–Kier alpha value is -3.31. The predicted molar refractivity (Wildman–Crippen MR) is 147 cm³/mol. The lowest BCUT2D eigenvalue weighted by atomic mass is 10.1. The Morgan fingerprint density at radius 2 is 1.13 bits per heavy atom. The number of pyridine rings is 3. The lowest BCUT2D eigenvalue weighted by Gasteiger charge is -2.09. The second-order valence-electron chi connectivity index (χ2n) is 8.82. The second kappa shape index (κ2) is 10.5. The summed E-state index contributed by atoms with van der Waals surface area (Å²) in [6.45, 7) is 2.50. The molecule has 0 amide bonds. The van der Waals surface area contributed by atoms with Gasteiger partial charge in [0, 0.05) is 22.1 Å². The van der Waals surface area contributed by atoms with Gasteiger partial charge in [0.05, 0.1) is 59.0 Å². The van der Waals surface area contributed by atoms with Crippen LogP contribution in [0.4, 0.5) is 0 Å². The normalized spacial score (nSPS) is 16.4. The van der Waals surface area contributed by atoms with Crippen LogP contribution in [0.15, 0.2) is 79.1 Å². The number of ether oxygens (including phenoxy) is 4. The van der Waals surface area contributed by atoms with Gasteiger partial charge in [-0.1, -0.05) is 6.07 Å². The summed E-state index contributed by atoms with van der Waals surface area (Å²) in [7, 11) is 0. The van der Waals surface area contributed by atoms with Gasteiger partial charge in [0.25, 0.3) is 0 Å². The molecule has 0 unspecified atom stereocenters. The van der Waals surface area contributed by atoms with Crippen LogP contribution >= 0.6 is 22.7 Å². The van der Waals surface area contributed by atoms with Crippen molar-refractivity contribution in [1.29, 1.82) is 0 Å². The van der Waals surface area contributed by atoms with Crippen molar-refractivity contribution in [3.63, 3.8) is 0 Å². The minimum absolute atomic E-state index is 0.273. The first kappa shape index (κ1) is 23.8. The molecule has 5 aromatic heterocycles. The molecule has 0 bridgehead atoms. The quantitative estimate of drug-likeness (QED) is 0.235. The molecule has 0 saturated carbocycles. The van der Waals surface area contributed by atoms with Crippen molar-refractivity contribution in [1.82, 2.24) is 15.0 Å². The van der Waals surface area contributed by atoms with E-state index in [4.69, 9.17) is 28.9 Å². The van der Waals surface area contributed by atoms with Gasteiger partial charge < -0.3 is 18.9 Å². The SMILES string of the molecule is c1ccc(-c2cc(-c3ccc(C4OCCO4)s3)cc(-c3cc(-c4ccc(C5OCCO5)s4)ccn3)n2)nc1. The Morgan fingerprint density at radius 3 is 1.76 bits per heavy atom. The first-order valence-corrected chi connectivity index (χ1v) is 14.0. The van der Waals surface area contributed by atoms with Crippen molar-refractivity contribution >= 4 is 22.7 Å². The van der Waals surface area contributed by atoms with E-state index in [1.54, 1.807) is 28.9 Å². The third-order valence-corrected chi connectivity index (χ3v) is 8.62. The van der Waals surface area contributed by atoms with Gasteiger partial charge in [0.15, 0.2) is 12.6 Å². The van der Waals surface area contributed by atoms with Crippen molar-refractivity contribution in [2.45, 2.75) is 12.6 Å². The molecule has 0 N–H and O–H groups in total. The zero-order valence-corrected chi connectivity index (χ0v) is 21.9. The molecule has 0 atom stereocenters. The van der Waals surface area contributed by atoms with Crippen LogP contribution in [0.5, 0.6) is 0 Å². The zero-order valence-electron chi connectivity index (χ0n) is 20.3. The number of aromatic nitrogens is 3. The van der Waals surface area contributed by atoms with E-state index in [2.05, 4.69) is 47.4 Å². The van der Waals surface area contributed by atoms with Gasteiger partial charge in [-0.15, -0.1) is 22.7 Å². The van der Waals surface area contributed by atoms with Crippen LogP contribution in [-0.4, -0.2) is 41.4 Å². The molecule has 9 heteroatoms. The van der Waals surface area contributed by atoms with Gasteiger partial charge in [-0.25, -0.2) is 4.98 Å². The molecule has 0 radical (unpaired) electrons. The van der Waals surface area contributed by atoms with Crippen LogP contribution in [-0.2, 0) is 18.9 Å². The highest BCUT2D eigenvalue weighted by molar-refractivity contribution is 7.15. The summed E-state index contributed by atoms with van der Waals surface area (Å²) in [5, 5.41) is 0. The molecule has 5 aromatic rings. The Kier molecular flexibility index (Phi) is 6.54. The van der Waals surface area contributed by atoms with E-state index in [0.29, 0.717) is 26.4 Å². The summed E-state index contributed by atoms with van der Waals surface area (Å²) in [5.74, 6) is 0. The fourth-order valence-electron chi connectivity index (χ4n) is 4.49. The third-order valence-electron chi connectivity index (χ3n) is 6.31. The fourth-order valence-corrected chi connectivity index (χ4v) is 6.49. The molecule has 0 aliphatic carbocycles. The van der Waals surface area contributed by atoms with Crippen LogP contribution in [0.1, 0.15) is 22.3 Å². The topological polar surface area (TPSA) is 75.6 Å². The Balaban J connectivity index is 1.27. The van der Waals surface area contributed by atoms with Crippen LogP contribution in [0, 0.1) is 0 Å². The molecule has 190 valence electrons. The van der Waals surface area contributed by atoms with E-state index in [9.17, 15) is 0 Å². The molecule has 7 nitrogen and oxygen atoms in total. The lowest BCUT2D eigenvalue weighted by Crippen LogP contribution is -1.94. The lowest BCUT2D eigenvalue weighted by molar-refractivity contribution is -0.0415.